The van der Waals surface area contributed by atoms with Crippen LogP contribution >= 0.6 is 0 Å². The lowest BCUT2D eigenvalue weighted by Crippen LogP contribution is -2.25. The molecule has 0 fully saturated rings. The van der Waals surface area contributed by atoms with Crippen LogP contribution in [0.1, 0.15) is 26.3 Å². The lowest BCUT2D eigenvalue weighted by atomic mass is 10.1. The number of ether oxygens (including phenoxy) is 1. The van der Waals surface area contributed by atoms with Gasteiger partial charge in [-0.25, -0.2) is 9.78 Å². The van der Waals surface area contributed by atoms with Gasteiger partial charge in [0.05, 0.1) is 23.9 Å². The second-order valence-corrected chi connectivity index (χ2v) is 6.09. The SMILES string of the molecule is COC(=O)c1ccccc1Nc1ccc(C(=O)NCCc2ccccc2)cn1. The van der Waals surface area contributed by atoms with Gasteiger partial charge in [0.1, 0.15) is 5.82 Å². The van der Waals surface area contributed by atoms with Crippen LogP contribution in [0.15, 0.2) is 72.9 Å². The Morgan fingerprint density at radius 2 is 1.71 bits per heavy atom. The molecule has 6 nitrogen and oxygen atoms in total. The van der Waals surface area contributed by atoms with E-state index in [-0.39, 0.29) is 5.91 Å². The number of amides is 1. The van der Waals surface area contributed by atoms with Gasteiger partial charge in [-0.1, -0.05) is 42.5 Å². The van der Waals surface area contributed by atoms with Gasteiger partial charge in [0.25, 0.3) is 5.91 Å². The molecule has 0 spiro atoms. The average molecular weight is 375 g/mol. The maximum Gasteiger partial charge on any atom is 0.339 e. The molecule has 1 heterocycles. The second kappa shape index (κ2) is 9.32. The molecule has 3 aromatic rings. The van der Waals surface area contributed by atoms with Crippen molar-refractivity contribution in [1.82, 2.24) is 10.3 Å². The van der Waals surface area contributed by atoms with Crippen LogP contribution in [0, 0.1) is 0 Å². The van der Waals surface area contributed by atoms with Gasteiger partial charge in [0.2, 0.25) is 0 Å². The summed E-state index contributed by atoms with van der Waals surface area (Å²) in [4.78, 5) is 28.4. The predicted octanol–water partition coefficient (Wildman–Crippen LogP) is 3.58. The van der Waals surface area contributed by atoms with Crippen LogP contribution in [0.2, 0.25) is 0 Å². The molecule has 0 saturated carbocycles. The molecule has 0 aliphatic rings. The first-order chi connectivity index (χ1) is 13.7. The fourth-order valence-electron chi connectivity index (χ4n) is 2.69. The minimum Gasteiger partial charge on any atom is -0.465 e. The van der Waals surface area contributed by atoms with E-state index < -0.39 is 5.97 Å². The summed E-state index contributed by atoms with van der Waals surface area (Å²) in [5, 5.41) is 5.96. The molecule has 0 aliphatic carbocycles. The van der Waals surface area contributed by atoms with E-state index in [1.807, 2.05) is 36.4 Å². The van der Waals surface area contributed by atoms with Crippen molar-refractivity contribution in [2.24, 2.45) is 0 Å². The van der Waals surface area contributed by atoms with E-state index in [1.165, 1.54) is 18.9 Å². The van der Waals surface area contributed by atoms with Crippen molar-refractivity contribution in [3.05, 3.63) is 89.6 Å². The van der Waals surface area contributed by atoms with Crippen molar-refractivity contribution in [1.29, 1.82) is 0 Å². The number of benzene rings is 2. The van der Waals surface area contributed by atoms with Crippen LogP contribution in [0.25, 0.3) is 0 Å². The van der Waals surface area contributed by atoms with E-state index in [2.05, 4.69) is 15.6 Å². The monoisotopic (exact) mass is 375 g/mol. The van der Waals surface area contributed by atoms with Gasteiger partial charge in [-0.3, -0.25) is 4.79 Å². The Bertz CT molecular complexity index is 941. The van der Waals surface area contributed by atoms with Crippen LogP contribution in [0.5, 0.6) is 0 Å². The summed E-state index contributed by atoms with van der Waals surface area (Å²) in [6.07, 6.45) is 2.27. The van der Waals surface area contributed by atoms with Crippen molar-refractivity contribution in [3.63, 3.8) is 0 Å². The number of methoxy groups -OCH3 is 1. The molecule has 2 aromatic carbocycles. The number of rotatable bonds is 7. The van der Waals surface area contributed by atoms with E-state index in [4.69, 9.17) is 4.74 Å². The van der Waals surface area contributed by atoms with Crippen molar-refractivity contribution < 1.29 is 14.3 Å². The predicted molar refractivity (Wildman–Crippen MR) is 108 cm³/mol. The molecule has 0 atom stereocenters. The minimum atomic E-state index is -0.433. The zero-order valence-electron chi connectivity index (χ0n) is 15.5. The quantitative estimate of drug-likeness (QED) is 0.617. The number of nitrogens with one attached hydrogen (secondary N) is 2. The highest BCUT2D eigenvalue weighted by Crippen LogP contribution is 2.20. The Labute approximate surface area is 163 Å². The van der Waals surface area contributed by atoms with Crippen LogP contribution < -0.4 is 10.6 Å². The van der Waals surface area contributed by atoms with Crippen molar-refractivity contribution in [3.8, 4) is 0 Å². The number of anilines is 2. The third-order valence-electron chi connectivity index (χ3n) is 4.16. The molecule has 28 heavy (non-hydrogen) atoms. The Morgan fingerprint density at radius 3 is 2.43 bits per heavy atom. The number of hydrogen-bond acceptors (Lipinski definition) is 5. The van der Waals surface area contributed by atoms with Crippen LogP contribution in [-0.2, 0) is 11.2 Å². The number of carbonyl (C=O) groups is 2. The lowest BCUT2D eigenvalue weighted by molar-refractivity contribution is 0.0601. The highest BCUT2D eigenvalue weighted by molar-refractivity contribution is 5.96. The Balaban J connectivity index is 1.59. The fraction of sp³-hybridized carbons (Fsp3) is 0.136. The number of nitrogens with zero attached hydrogens (tertiary/aromatic N) is 1. The summed E-state index contributed by atoms with van der Waals surface area (Å²) in [6.45, 7) is 0.551. The van der Waals surface area contributed by atoms with Gasteiger partial charge in [0.15, 0.2) is 0 Å². The van der Waals surface area contributed by atoms with Gasteiger partial charge < -0.3 is 15.4 Å². The van der Waals surface area contributed by atoms with E-state index in [1.54, 1.807) is 30.3 Å². The lowest BCUT2D eigenvalue weighted by Gasteiger charge is -2.10. The molecule has 142 valence electrons. The summed E-state index contributed by atoms with van der Waals surface area (Å²) in [5.74, 6) is -0.0837. The van der Waals surface area contributed by atoms with Gasteiger partial charge in [-0.15, -0.1) is 0 Å². The number of aromatic nitrogens is 1. The standard InChI is InChI=1S/C22H21N3O3/c1-28-22(27)18-9-5-6-10-19(18)25-20-12-11-17(15-24-20)21(26)23-14-13-16-7-3-2-4-8-16/h2-12,15H,13-14H2,1H3,(H,23,26)(H,24,25). The van der Waals surface area contributed by atoms with E-state index >= 15 is 0 Å². The zero-order valence-corrected chi connectivity index (χ0v) is 15.5. The third-order valence-corrected chi connectivity index (χ3v) is 4.16. The van der Waals surface area contributed by atoms with Gasteiger partial charge in [-0.05, 0) is 36.2 Å². The smallest absolute Gasteiger partial charge is 0.339 e. The molecule has 0 radical (unpaired) electrons. The minimum absolute atomic E-state index is 0.176. The summed E-state index contributed by atoms with van der Waals surface area (Å²) in [7, 11) is 1.34. The second-order valence-electron chi connectivity index (χ2n) is 6.09. The highest BCUT2D eigenvalue weighted by Gasteiger charge is 2.12. The van der Waals surface area contributed by atoms with Crippen LogP contribution in [0.4, 0.5) is 11.5 Å². The van der Waals surface area contributed by atoms with E-state index in [0.29, 0.717) is 29.2 Å². The summed E-state index contributed by atoms with van der Waals surface area (Å²) < 4.78 is 4.78. The first kappa shape index (κ1) is 19.1. The topological polar surface area (TPSA) is 80.3 Å². The highest BCUT2D eigenvalue weighted by atomic mass is 16.5. The average Bonchev–Trinajstić information content (AvgIpc) is 2.75. The Morgan fingerprint density at radius 1 is 0.964 bits per heavy atom. The summed E-state index contributed by atoms with van der Waals surface area (Å²) in [6, 6.07) is 20.4. The normalized spacial score (nSPS) is 10.2. The number of carbonyl (C=O) groups excluding carboxylic acids is 2. The van der Waals surface area contributed by atoms with Gasteiger partial charge in [-0.2, -0.15) is 0 Å². The maximum atomic E-state index is 12.3. The number of para-hydroxylation sites is 1. The molecule has 6 heteroatoms. The zero-order chi connectivity index (χ0) is 19.8. The van der Waals surface area contributed by atoms with E-state index in [0.717, 1.165) is 6.42 Å². The number of esters is 1. The molecule has 3 rings (SSSR count). The molecular formula is C22H21N3O3. The molecule has 1 aromatic heterocycles. The largest absolute Gasteiger partial charge is 0.465 e. The summed E-state index contributed by atoms with van der Waals surface area (Å²) in [5.41, 5.74) is 2.64. The molecular weight excluding hydrogens is 354 g/mol. The van der Waals surface area contributed by atoms with Crippen LogP contribution in [0.3, 0.4) is 0 Å². The first-order valence-corrected chi connectivity index (χ1v) is 8.90. The van der Waals surface area contributed by atoms with Gasteiger partial charge >= 0.3 is 5.97 Å². The third kappa shape index (κ3) is 4.94. The molecule has 0 unspecified atom stereocenters. The fourth-order valence-corrected chi connectivity index (χ4v) is 2.69. The molecule has 0 bridgehead atoms. The molecule has 1 amide bonds. The maximum absolute atomic E-state index is 12.3. The van der Waals surface area contributed by atoms with Crippen molar-refractivity contribution in [2.45, 2.75) is 6.42 Å². The summed E-state index contributed by atoms with van der Waals surface area (Å²) >= 11 is 0. The van der Waals surface area contributed by atoms with Crippen molar-refractivity contribution in [2.75, 3.05) is 19.0 Å². The number of pyridine rings is 1. The molecule has 2 N–H and O–H groups in total. The molecule has 0 aliphatic heterocycles. The van der Waals surface area contributed by atoms with Crippen molar-refractivity contribution >= 4 is 23.4 Å². The van der Waals surface area contributed by atoms with E-state index in [9.17, 15) is 9.59 Å². The van der Waals surface area contributed by atoms with Gasteiger partial charge in [0, 0.05) is 12.7 Å². The Hall–Kier alpha value is -3.67. The first-order valence-electron chi connectivity index (χ1n) is 8.90. The number of hydrogen-bond donors (Lipinski definition) is 2. The molecule has 0 saturated heterocycles. The van der Waals surface area contributed by atoms with Crippen LogP contribution in [-0.4, -0.2) is 30.5 Å². The Kier molecular flexibility index (Phi) is 6.36.